The summed E-state index contributed by atoms with van der Waals surface area (Å²) >= 11 is 0. The van der Waals surface area contributed by atoms with Crippen LogP contribution in [0.25, 0.3) is 5.57 Å². The summed E-state index contributed by atoms with van der Waals surface area (Å²) in [7, 11) is 0. The summed E-state index contributed by atoms with van der Waals surface area (Å²) in [6.45, 7) is 7.75. The highest BCUT2D eigenvalue weighted by Gasteiger charge is 2.32. The van der Waals surface area contributed by atoms with Crippen molar-refractivity contribution in [3.05, 3.63) is 41.2 Å². The molecule has 1 aliphatic rings. The second-order valence-electron chi connectivity index (χ2n) is 5.51. The molecule has 0 amide bonds. The van der Waals surface area contributed by atoms with Crippen LogP contribution in [-0.2, 0) is 9.47 Å². The molecule has 1 aromatic carbocycles. The molecule has 21 heavy (non-hydrogen) atoms. The first kappa shape index (κ1) is 16.1. The largest absolute Gasteiger partial charge is 0.495 e. The van der Waals surface area contributed by atoms with Crippen molar-refractivity contribution >= 4 is 5.57 Å². The Morgan fingerprint density at radius 1 is 0.952 bits per heavy atom. The minimum Gasteiger partial charge on any atom is -0.495 e. The third-order valence-electron chi connectivity index (χ3n) is 4.02. The van der Waals surface area contributed by atoms with Gasteiger partial charge in [0.15, 0.2) is 0 Å². The van der Waals surface area contributed by atoms with Gasteiger partial charge in [-0.3, -0.25) is 0 Å². The maximum atomic E-state index is 5.97. The van der Waals surface area contributed by atoms with E-state index in [1.165, 1.54) is 42.4 Å². The standard InChI is InChI=1S/C19H28O2/c1-4-7-8-9-13-16-15-12-10-11-14-17(15)19(21-6-3)18(16)20-5-2/h10-12,14,19H,4-9,13H2,1-3H3. The average molecular weight is 288 g/mol. The number of ether oxygens (including phenoxy) is 2. The zero-order chi connectivity index (χ0) is 15.1. The highest BCUT2D eigenvalue weighted by Crippen LogP contribution is 2.45. The summed E-state index contributed by atoms with van der Waals surface area (Å²) < 4.78 is 11.9. The number of fused-ring (bicyclic) bond motifs is 1. The van der Waals surface area contributed by atoms with Gasteiger partial charge in [0.2, 0.25) is 0 Å². The molecule has 0 saturated carbocycles. The van der Waals surface area contributed by atoms with Crippen molar-refractivity contribution in [3.8, 4) is 0 Å². The van der Waals surface area contributed by atoms with Gasteiger partial charge in [-0.25, -0.2) is 0 Å². The van der Waals surface area contributed by atoms with Crippen LogP contribution in [0.2, 0.25) is 0 Å². The predicted octanol–water partition coefficient (Wildman–Crippen LogP) is 5.50. The fourth-order valence-electron chi connectivity index (χ4n) is 3.07. The number of rotatable bonds is 9. The first-order valence-corrected chi connectivity index (χ1v) is 8.40. The van der Waals surface area contributed by atoms with Gasteiger partial charge in [0.05, 0.1) is 6.61 Å². The van der Waals surface area contributed by atoms with Gasteiger partial charge < -0.3 is 9.47 Å². The van der Waals surface area contributed by atoms with Crippen LogP contribution in [0.4, 0.5) is 0 Å². The monoisotopic (exact) mass is 288 g/mol. The van der Waals surface area contributed by atoms with E-state index in [1.807, 2.05) is 13.8 Å². The van der Waals surface area contributed by atoms with Crippen molar-refractivity contribution < 1.29 is 9.47 Å². The van der Waals surface area contributed by atoms with Crippen LogP contribution in [0, 0.1) is 0 Å². The Kier molecular flexibility index (Phi) is 6.31. The number of hydrogen-bond donors (Lipinski definition) is 0. The van der Waals surface area contributed by atoms with Crippen molar-refractivity contribution in [2.75, 3.05) is 13.2 Å². The van der Waals surface area contributed by atoms with Gasteiger partial charge in [-0.2, -0.15) is 0 Å². The molecule has 0 heterocycles. The van der Waals surface area contributed by atoms with Crippen LogP contribution >= 0.6 is 0 Å². The minimum absolute atomic E-state index is 0.00711. The van der Waals surface area contributed by atoms with E-state index in [-0.39, 0.29) is 6.10 Å². The molecule has 1 unspecified atom stereocenters. The highest BCUT2D eigenvalue weighted by molar-refractivity contribution is 5.76. The molecular formula is C19H28O2. The van der Waals surface area contributed by atoms with E-state index in [4.69, 9.17) is 9.47 Å². The van der Waals surface area contributed by atoms with E-state index >= 15 is 0 Å². The van der Waals surface area contributed by atoms with Crippen LogP contribution < -0.4 is 0 Å². The molecule has 0 bridgehead atoms. The first-order valence-electron chi connectivity index (χ1n) is 8.40. The molecule has 0 fully saturated rings. The Morgan fingerprint density at radius 3 is 2.48 bits per heavy atom. The molecule has 2 heteroatoms. The van der Waals surface area contributed by atoms with Gasteiger partial charge in [-0.15, -0.1) is 0 Å². The maximum absolute atomic E-state index is 5.97. The second-order valence-corrected chi connectivity index (χ2v) is 5.51. The van der Waals surface area contributed by atoms with Crippen LogP contribution in [-0.4, -0.2) is 13.2 Å². The summed E-state index contributed by atoms with van der Waals surface area (Å²) in [5.41, 5.74) is 3.96. The topological polar surface area (TPSA) is 18.5 Å². The number of allylic oxidation sites excluding steroid dienone is 1. The molecule has 0 radical (unpaired) electrons. The van der Waals surface area contributed by atoms with Gasteiger partial charge in [0, 0.05) is 12.2 Å². The van der Waals surface area contributed by atoms with Crippen LogP contribution in [0.5, 0.6) is 0 Å². The number of hydrogen-bond acceptors (Lipinski definition) is 2. The Hall–Kier alpha value is -1.28. The van der Waals surface area contributed by atoms with Gasteiger partial charge in [-0.1, -0.05) is 50.5 Å². The van der Waals surface area contributed by atoms with Crippen LogP contribution in [0.1, 0.15) is 70.1 Å². The molecule has 0 saturated heterocycles. The normalized spacial score (nSPS) is 17.2. The van der Waals surface area contributed by atoms with Crippen molar-refractivity contribution in [2.45, 2.75) is 59.0 Å². The lowest BCUT2D eigenvalue weighted by molar-refractivity contribution is 0.0417. The first-order chi connectivity index (χ1) is 10.3. The molecule has 1 aromatic rings. The molecule has 0 aliphatic heterocycles. The molecule has 2 rings (SSSR count). The molecule has 0 N–H and O–H groups in total. The van der Waals surface area contributed by atoms with Gasteiger partial charge in [0.25, 0.3) is 0 Å². The molecule has 1 aliphatic carbocycles. The van der Waals surface area contributed by atoms with Crippen molar-refractivity contribution in [3.63, 3.8) is 0 Å². The Bertz CT molecular complexity index is 476. The third kappa shape index (κ3) is 3.68. The van der Waals surface area contributed by atoms with Crippen molar-refractivity contribution in [1.82, 2.24) is 0 Å². The van der Waals surface area contributed by atoms with Crippen molar-refractivity contribution in [2.24, 2.45) is 0 Å². The van der Waals surface area contributed by atoms with Gasteiger partial charge in [-0.05, 0) is 37.8 Å². The number of unbranched alkanes of at least 4 members (excludes halogenated alkanes) is 3. The van der Waals surface area contributed by atoms with E-state index in [1.54, 1.807) is 0 Å². The Morgan fingerprint density at radius 2 is 1.76 bits per heavy atom. The quantitative estimate of drug-likeness (QED) is 0.559. The lowest BCUT2D eigenvalue weighted by Gasteiger charge is -2.17. The highest BCUT2D eigenvalue weighted by atomic mass is 16.5. The summed E-state index contributed by atoms with van der Waals surface area (Å²) in [6, 6.07) is 8.59. The minimum atomic E-state index is -0.00711. The molecule has 0 aromatic heterocycles. The van der Waals surface area contributed by atoms with E-state index in [0.29, 0.717) is 13.2 Å². The summed E-state index contributed by atoms with van der Waals surface area (Å²) in [6.07, 6.45) is 6.19. The van der Waals surface area contributed by atoms with Crippen LogP contribution in [0.3, 0.4) is 0 Å². The zero-order valence-corrected chi connectivity index (χ0v) is 13.7. The average Bonchev–Trinajstić information content (AvgIpc) is 2.79. The van der Waals surface area contributed by atoms with E-state index in [9.17, 15) is 0 Å². The fourth-order valence-corrected chi connectivity index (χ4v) is 3.07. The molecule has 0 spiro atoms. The van der Waals surface area contributed by atoms with Crippen LogP contribution in [0.15, 0.2) is 30.0 Å². The van der Waals surface area contributed by atoms with Gasteiger partial charge >= 0.3 is 0 Å². The number of benzene rings is 1. The lowest BCUT2D eigenvalue weighted by Crippen LogP contribution is -2.07. The van der Waals surface area contributed by atoms with E-state index < -0.39 is 0 Å². The predicted molar refractivity (Wildman–Crippen MR) is 88.1 cm³/mol. The SMILES string of the molecule is CCCCCCC1=C(OCC)C(OCC)c2ccccc21. The summed E-state index contributed by atoms with van der Waals surface area (Å²) in [4.78, 5) is 0. The fraction of sp³-hybridized carbons (Fsp3) is 0.579. The second kappa shape index (κ2) is 8.23. The summed E-state index contributed by atoms with van der Waals surface area (Å²) in [5.74, 6) is 1.05. The molecule has 1 atom stereocenters. The van der Waals surface area contributed by atoms with E-state index in [0.717, 1.165) is 12.2 Å². The smallest absolute Gasteiger partial charge is 0.140 e. The Balaban J connectivity index is 2.24. The lowest BCUT2D eigenvalue weighted by atomic mass is 10.0. The molecule has 2 nitrogen and oxygen atoms in total. The third-order valence-corrected chi connectivity index (χ3v) is 4.02. The Labute approximate surface area is 129 Å². The summed E-state index contributed by atoms with van der Waals surface area (Å²) in [5, 5.41) is 0. The van der Waals surface area contributed by atoms with Crippen molar-refractivity contribution in [1.29, 1.82) is 0 Å². The maximum Gasteiger partial charge on any atom is 0.140 e. The molecular weight excluding hydrogens is 260 g/mol. The van der Waals surface area contributed by atoms with Gasteiger partial charge in [0.1, 0.15) is 11.9 Å². The molecule has 116 valence electrons. The van der Waals surface area contributed by atoms with E-state index in [2.05, 4.69) is 31.2 Å². The zero-order valence-electron chi connectivity index (χ0n) is 13.7.